The molecule has 0 aliphatic carbocycles. The summed E-state index contributed by atoms with van der Waals surface area (Å²) in [5.74, 6) is 0.636. The first kappa shape index (κ1) is 18.8. The van der Waals surface area contributed by atoms with Crippen LogP contribution in [0.15, 0.2) is 36.9 Å². The quantitative estimate of drug-likeness (QED) is 0.671. The predicted octanol–water partition coefficient (Wildman–Crippen LogP) is 2.86. The van der Waals surface area contributed by atoms with Gasteiger partial charge >= 0.3 is 0 Å². The van der Waals surface area contributed by atoms with Crippen molar-refractivity contribution in [2.75, 3.05) is 18.0 Å². The maximum absolute atomic E-state index is 13.1. The van der Waals surface area contributed by atoms with E-state index in [0.29, 0.717) is 25.4 Å². The average molecular weight is 403 g/mol. The van der Waals surface area contributed by atoms with Crippen molar-refractivity contribution >= 4 is 11.6 Å². The maximum Gasteiger partial charge on any atom is 0.223 e. The van der Waals surface area contributed by atoms with Crippen LogP contribution in [0, 0.1) is 19.8 Å². The number of anilines is 1. The van der Waals surface area contributed by atoms with Crippen LogP contribution in [0.4, 0.5) is 5.69 Å². The number of pyridine rings is 2. The van der Waals surface area contributed by atoms with Crippen molar-refractivity contribution in [2.24, 2.45) is 13.0 Å². The Kier molecular flexibility index (Phi) is 4.53. The lowest BCUT2D eigenvalue weighted by molar-refractivity contribution is -0.133. The van der Waals surface area contributed by atoms with Crippen LogP contribution in [0.25, 0.3) is 11.3 Å². The van der Waals surface area contributed by atoms with Crippen molar-refractivity contribution in [1.82, 2.24) is 24.6 Å². The molecule has 7 nitrogen and oxygen atoms in total. The number of hydrogen-bond acceptors (Lipinski definition) is 5. The molecule has 0 spiro atoms. The van der Waals surface area contributed by atoms with E-state index in [-0.39, 0.29) is 5.91 Å². The van der Waals surface area contributed by atoms with Gasteiger partial charge in [-0.05, 0) is 37.1 Å². The number of carbonyl (C=O) groups is 1. The van der Waals surface area contributed by atoms with Gasteiger partial charge in [0.15, 0.2) is 0 Å². The molecule has 0 saturated carbocycles. The molecule has 7 heteroatoms. The molecular weight excluding hydrogens is 376 g/mol. The van der Waals surface area contributed by atoms with E-state index >= 15 is 0 Å². The summed E-state index contributed by atoms with van der Waals surface area (Å²) in [7, 11) is 1.91. The molecule has 0 atom stereocenters. The summed E-state index contributed by atoms with van der Waals surface area (Å²) in [6.45, 7) is 7.29. The first-order valence-electron chi connectivity index (χ1n) is 10.4. The molecule has 30 heavy (non-hydrogen) atoms. The highest BCUT2D eigenvalue weighted by Crippen LogP contribution is 2.35. The van der Waals surface area contributed by atoms with E-state index in [0.717, 1.165) is 35.7 Å². The third-order valence-corrected chi connectivity index (χ3v) is 6.39. The first-order chi connectivity index (χ1) is 14.5. The fraction of sp³-hybridized carbons (Fsp3) is 0.391. The highest BCUT2D eigenvalue weighted by atomic mass is 16.2. The minimum absolute atomic E-state index is 0.233. The van der Waals surface area contributed by atoms with Crippen molar-refractivity contribution in [3.05, 3.63) is 59.3 Å². The molecular formula is C23H26N6O. The molecule has 0 bridgehead atoms. The molecule has 2 aliphatic heterocycles. The van der Waals surface area contributed by atoms with E-state index in [1.807, 2.05) is 43.5 Å². The second-order valence-corrected chi connectivity index (χ2v) is 8.47. The van der Waals surface area contributed by atoms with Crippen LogP contribution in [0.2, 0.25) is 0 Å². The lowest BCUT2D eigenvalue weighted by Crippen LogP contribution is -2.48. The molecule has 0 aromatic carbocycles. The zero-order valence-electron chi connectivity index (χ0n) is 17.7. The number of carbonyl (C=O) groups excluding carboxylic acids is 1. The van der Waals surface area contributed by atoms with Crippen LogP contribution in [-0.4, -0.2) is 43.6 Å². The van der Waals surface area contributed by atoms with E-state index in [1.165, 1.54) is 16.7 Å². The molecule has 5 rings (SSSR count). The van der Waals surface area contributed by atoms with Gasteiger partial charge < -0.3 is 9.80 Å². The highest BCUT2D eigenvalue weighted by Gasteiger charge is 2.34. The van der Waals surface area contributed by atoms with Gasteiger partial charge in [-0.2, -0.15) is 5.10 Å². The van der Waals surface area contributed by atoms with Gasteiger partial charge in [-0.3, -0.25) is 19.4 Å². The van der Waals surface area contributed by atoms with Crippen molar-refractivity contribution in [3.63, 3.8) is 0 Å². The molecule has 0 unspecified atom stereocenters. The Labute approximate surface area is 176 Å². The van der Waals surface area contributed by atoms with Gasteiger partial charge in [-0.15, -0.1) is 0 Å². The number of amides is 1. The van der Waals surface area contributed by atoms with Crippen LogP contribution < -0.4 is 4.90 Å². The van der Waals surface area contributed by atoms with Gasteiger partial charge in [-0.1, -0.05) is 0 Å². The van der Waals surface area contributed by atoms with Crippen molar-refractivity contribution in [2.45, 2.75) is 33.4 Å². The minimum Gasteiger partial charge on any atom is -0.370 e. The second-order valence-electron chi connectivity index (χ2n) is 8.47. The summed E-state index contributed by atoms with van der Waals surface area (Å²) in [4.78, 5) is 26.4. The van der Waals surface area contributed by atoms with Crippen molar-refractivity contribution < 1.29 is 4.79 Å². The monoisotopic (exact) mass is 402 g/mol. The summed E-state index contributed by atoms with van der Waals surface area (Å²) in [6, 6.07) is 4.02. The standard InChI is InChI=1S/C23H26N6O/c1-15-16(2)26-23(18-8-25-27(3)12-18)21-14-29(13-20(15)21)22(30)7-17-10-28(11-17)19-5-4-6-24-9-19/h4-6,8-9,12,17H,7,10-11,13-14H2,1-3H3. The predicted molar refractivity (Wildman–Crippen MR) is 115 cm³/mol. The second kappa shape index (κ2) is 7.23. The Morgan fingerprint density at radius 3 is 2.67 bits per heavy atom. The molecule has 1 saturated heterocycles. The first-order valence-corrected chi connectivity index (χ1v) is 10.4. The summed E-state index contributed by atoms with van der Waals surface area (Å²) in [5, 5.41) is 4.30. The van der Waals surface area contributed by atoms with Crippen molar-refractivity contribution in [1.29, 1.82) is 0 Å². The molecule has 3 aromatic rings. The van der Waals surface area contributed by atoms with E-state index in [1.54, 1.807) is 10.9 Å². The number of fused-ring (bicyclic) bond motifs is 1. The largest absolute Gasteiger partial charge is 0.370 e. The summed E-state index contributed by atoms with van der Waals surface area (Å²) < 4.78 is 1.79. The van der Waals surface area contributed by atoms with Gasteiger partial charge in [0.25, 0.3) is 0 Å². The third kappa shape index (κ3) is 3.24. The molecule has 1 fully saturated rings. The molecule has 0 radical (unpaired) electrons. The van der Waals surface area contributed by atoms with E-state index in [2.05, 4.69) is 28.0 Å². The van der Waals surface area contributed by atoms with Gasteiger partial charge in [-0.25, -0.2) is 0 Å². The lowest BCUT2D eigenvalue weighted by Gasteiger charge is -2.41. The smallest absolute Gasteiger partial charge is 0.223 e. The Balaban J connectivity index is 1.29. The lowest BCUT2D eigenvalue weighted by atomic mass is 9.95. The van der Waals surface area contributed by atoms with Gasteiger partial charge in [0.2, 0.25) is 5.91 Å². The number of nitrogens with zero attached hydrogens (tertiary/aromatic N) is 6. The fourth-order valence-corrected chi connectivity index (χ4v) is 4.51. The molecule has 1 amide bonds. The zero-order valence-corrected chi connectivity index (χ0v) is 17.7. The van der Waals surface area contributed by atoms with Gasteiger partial charge in [0.05, 0.1) is 23.8 Å². The summed E-state index contributed by atoms with van der Waals surface area (Å²) >= 11 is 0. The van der Waals surface area contributed by atoms with E-state index < -0.39 is 0 Å². The minimum atomic E-state index is 0.233. The third-order valence-electron chi connectivity index (χ3n) is 6.39. The number of aryl methyl sites for hydroxylation is 2. The SMILES string of the molecule is Cc1nc(-c2cnn(C)c2)c2c(c1C)CN(C(=O)CC1CN(c3cccnc3)C1)C2. The van der Waals surface area contributed by atoms with E-state index in [9.17, 15) is 4.79 Å². The average Bonchev–Trinajstić information content (AvgIpc) is 3.35. The molecule has 3 aromatic heterocycles. The normalized spacial score (nSPS) is 16.0. The Hall–Kier alpha value is -3.22. The summed E-state index contributed by atoms with van der Waals surface area (Å²) in [5.41, 5.74) is 7.74. The fourth-order valence-electron chi connectivity index (χ4n) is 4.51. The Morgan fingerprint density at radius 2 is 1.97 bits per heavy atom. The van der Waals surface area contributed by atoms with Gasteiger partial charge in [0.1, 0.15) is 0 Å². The van der Waals surface area contributed by atoms with Crippen LogP contribution in [0.5, 0.6) is 0 Å². The summed E-state index contributed by atoms with van der Waals surface area (Å²) in [6.07, 6.45) is 8.10. The topological polar surface area (TPSA) is 67.2 Å². The van der Waals surface area contributed by atoms with Crippen LogP contribution in [0.1, 0.15) is 28.8 Å². The van der Waals surface area contributed by atoms with Gasteiger partial charge in [0, 0.05) is 74.8 Å². The maximum atomic E-state index is 13.1. The van der Waals surface area contributed by atoms with Crippen LogP contribution in [-0.2, 0) is 24.9 Å². The van der Waals surface area contributed by atoms with Crippen molar-refractivity contribution in [3.8, 4) is 11.3 Å². The van der Waals surface area contributed by atoms with Crippen LogP contribution in [0.3, 0.4) is 0 Å². The molecule has 5 heterocycles. The van der Waals surface area contributed by atoms with Crippen LogP contribution >= 0.6 is 0 Å². The number of rotatable bonds is 4. The zero-order chi connectivity index (χ0) is 20.8. The number of aromatic nitrogens is 4. The van der Waals surface area contributed by atoms with E-state index in [4.69, 9.17) is 4.98 Å². The molecule has 154 valence electrons. The Morgan fingerprint density at radius 1 is 1.17 bits per heavy atom. The number of hydrogen-bond donors (Lipinski definition) is 0. The highest BCUT2D eigenvalue weighted by molar-refractivity contribution is 5.79. The molecule has 2 aliphatic rings. The molecule has 0 N–H and O–H groups in total. The Bertz CT molecular complexity index is 1100.